The van der Waals surface area contributed by atoms with E-state index in [0.29, 0.717) is 5.56 Å². The molecule has 0 amide bonds. The average Bonchev–Trinajstić information content (AvgIpc) is 2.19. The van der Waals surface area contributed by atoms with Crippen LogP contribution in [-0.4, -0.2) is 29.3 Å². The van der Waals surface area contributed by atoms with Crippen LogP contribution in [0.5, 0.6) is 0 Å². The number of benzene rings is 1. The topological polar surface area (TPSA) is 69.6 Å². The van der Waals surface area contributed by atoms with Gasteiger partial charge >= 0.3 is 5.97 Å². The van der Waals surface area contributed by atoms with E-state index in [1.165, 1.54) is 7.05 Å². The summed E-state index contributed by atoms with van der Waals surface area (Å²) in [6.07, 6.45) is -1.03. The number of aliphatic carboxylic acids is 1. The lowest BCUT2D eigenvalue weighted by atomic mass is 10.0. The van der Waals surface area contributed by atoms with Crippen molar-refractivity contribution in [2.24, 2.45) is 0 Å². The average molecular weight is 195 g/mol. The van der Waals surface area contributed by atoms with E-state index in [1.807, 2.05) is 6.07 Å². The molecule has 0 aliphatic rings. The minimum absolute atomic E-state index is 0.592. The summed E-state index contributed by atoms with van der Waals surface area (Å²) in [5, 5.41) is 21.0. The molecule has 0 aromatic heterocycles. The first-order valence-electron chi connectivity index (χ1n) is 4.30. The second kappa shape index (κ2) is 4.74. The molecule has 1 aromatic carbocycles. The lowest BCUT2D eigenvalue weighted by molar-refractivity contribution is -0.142. The fourth-order valence-electron chi connectivity index (χ4n) is 1.26. The summed E-state index contributed by atoms with van der Waals surface area (Å²) in [4.78, 5) is 10.7. The Morgan fingerprint density at radius 1 is 1.36 bits per heavy atom. The molecule has 14 heavy (non-hydrogen) atoms. The summed E-state index contributed by atoms with van der Waals surface area (Å²) < 4.78 is 0. The Balaban J connectivity index is 2.83. The van der Waals surface area contributed by atoms with Gasteiger partial charge in [0.25, 0.3) is 0 Å². The summed E-state index contributed by atoms with van der Waals surface area (Å²) in [5.41, 5.74) is 0.592. The zero-order valence-corrected chi connectivity index (χ0v) is 7.84. The molecule has 0 saturated heterocycles. The van der Waals surface area contributed by atoms with E-state index in [-0.39, 0.29) is 0 Å². The van der Waals surface area contributed by atoms with Gasteiger partial charge in [0.05, 0.1) is 0 Å². The largest absolute Gasteiger partial charge is 0.480 e. The van der Waals surface area contributed by atoms with E-state index < -0.39 is 18.1 Å². The predicted octanol–water partition coefficient (Wildman–Crippen LogP) is 0.393. The summed E-state index contributed by atoms with van der Waals surface area (Å²) in [6.45, 7) is 0. The Labute approximate surface area is 82.2 Å². The SMILES string of the molecule is CN[C@H](C(=O)O)[C@H](O)c1ccccc1. The van der Waals surface area contributed by atoms with E-state index in [2.05, 4.69) is 5.32 Å². The maximum Gasteiger partial charge on any atom is 0.323 e. The molecule has 0 aliphatic carbocycles. The van der Waals surface area contributed by atoms with Gasteiger partial charge in [0.1, 0.15) is 12.1 Å². The van der Waals surface area contributed by atoms with Gasteiger partial charge in [-0.2, -0.15) is 0 Å². The molecule has 0 spiro atoms. The molecule has 0 radical (unpaired) electrons. The molecule has 0 fully saturated rings. The number of likely N-dealkylation sites (N-methyl/N-ethyl adjacent to an activating group) is 1. The van der Waals surface area contributed by atoms with Gasteiger partial charge in [-0.15, -0.1) is 0 Å². The highest BCUT2D eigenvalue weighted by molar-refractivity contribution is 5.74. The van der Waals surface area contributed by atoms with Crippen LogP contribution in [-0.2, 0) is 4.79 Å². The Kier molecular flexibility index (Phi) is 3.62. The van der Waals surface area contributed by atoms with Gasteiger partial charge in [-0.25, -0.2) is 0 Å². The fourth-order valence-corrected chi connectivity index (χ4v) is 1.26. The standard InChI is InChI=1S/C10H13NO3/c1-11-8(10(13)14)9(12)7-5-3-2-4-6-7/h2-6,8-9,11-12H,1H3,(H,13,14)/t8-,9+/m0/s1. The van der Waals surface area contributed by atoms with Gasteiger partial charge in [0.2, 0.25) is 0 Å². The van der Waals surface area contributed by atoms with Crippen LogP contribution >= 0.6 is 0 Å². The first kappa shape index (κ1) is 10.7. The van der Waals surface area contributed by atoms with Gasteiger partial charge in [0, 0.05) is 0 Å². The number of carboxylic acids is 1. The number of hydrogen-bond donors (Lipinski definition) is 3. The third-order valence-electron chi connectivity index (χ3n) is 2.03. The second-order valence-corrected chi connectivity index (χ2v) is 2.96. The molecular formula is C10H13NO3. The highest BCUT2D eigenvalue weighted by Crippen LogP contribution is 2.16. The minimum Gasteiger partial charge on any atom is -0.480 e. The summed E-state index contributed by atoms with van der Waals surface area (Å²) in [7, 11) is 1.50. The maximum atomic E-state index is 10.7. The van der Waals surface area contributed by atoms with Crippen molar-refractivity contribution in [1.29, 1.82) is 0 Å². The third kappa shape index (κ3) is 2.31. The molecule has 1 aromatic rings. The first-order chi connectivity index (χ1) is 6.66. The quantitative estimate of drug-likeness (QED) is 0.650. The van der Waals surface area contributed by atoms with Crippen molar-refractivity contribution >= 4 is 5.97 Å². The van der Waals surface area contributed by atoms with Gasteiger partial charge in [-0.1, -0.05) is 30.3 Å². The Morgan fingerprint density at radius 2 is 1.93 bits per heavy atom. The van der Waals surface area contributed by atoms with Crippen LogP contribution < -0.4 is 5.32 Å². The highest BCUT2D eigenvalue weighted by atomic mass is 16.4. The smallest absolute Gasteiger partial charge is 0.323 e. The Morgan fingerprint density at radius 3 is 2.36 bits per heavy atom. The molecule has 0 saturated carbocycles. The number of rotatable bonds is 4. The van der Waals surface area contributed by atoms with Crippen molar-refractivity contribution in [2.75, 3.05) is 7.05 Å². The monoisotopic (exact) mass is 195 g/mol. The van der Waals surface area contributed by atoms with Crippen molar-refractivity contribution in [3.05, 3.63) is 35.9 Å². The number of hydrogen-bond acceptors (Lipinski definition) is 3. The van der Waals surface area contributed by atoms with E-state index in [4.69, 9.17) is 5.11 Å². The van der Waals surface area contributed by atoms with E-state index in [9.17, 15) is 9.90 Å². The van der Waals surface area contributed by atoms with Gasteiger partial charge in [-0.05, 0) is 12.6 Å². The molecule has 2 atom stereocenters. The van der Waals surface area contributed by atoms with Crippen molar-refractivity contribution in [3.8, 4) is 0 Å². The Bertz CT molecular complexity index is 299. The number of carboxylic acid groups (broad SMARTS) is 1. The van der Waals surface area contributed by atoms with Gasteiger partial charge in [-0.3, -0.25) is 4.79 Å². The highest BCUT2D eigenvalue weighted by Gasteiger charge is 2.25. The summed E-state index contributed by atoms with van der Waals surface area (Å²) in [6, 6.07) is 7.74. The van der Waals surface area contributed by atoms with Crippen LogP contribution in [0, 0.1) is 0 Å². The molecular weight excluding hydrogens is 182 g/mol. The van der Waals surface area contributed by atoms with Crippen molar-refractivity contribution < 1.29 is 15.0 Å². The van der Waals surface area contributed by atoms with Crippen LogP contribution in [0.4, 0.5) is 0 Å². The molecule has 0 heterocycles. The van der Waals surface area contributed by atoms with Crippen LogP contribution in [0.2, 0.25) is 0 Å². The zero-order valence-electron chi connectivity index (χ0n) is 7.84. The zero-order chi connectivity index (χ0) is 10.6. The number of aliphatic hydroxyl groups excluding tert-OH is 1. The molecule has 76 valence electrons. The summed E-state index contributed by atoms with van der Waals surface area (Å²) in [5.74, 6) is -1.07. The fraction of sp³-hybridized carbons (Fsp3) is 0.300. The normalized spacial score (nSPS) is 14.7. The second-order valence-electron chi connectivity index (χ2n) is 2.96. The van der Waals surface area contributed by atoms with Crippen LogP contribution in [0.1, 0.15) is 11.7 Å². The first-order valence-corrected chi connectivity index (χ1v) is 4.30. The van der Waals surface area contributed by atoms with Gasteiger partial charge < -0.3 is 15.5 Å². The summed E-state index contributed by atoms with van der Waals surface area (Å²) >= 11 is 0. The lowest BCUT2D eigenvalue weighted by Crippen LogP contribution is -2.39. The molecule has 4 heteroatoms. The number of carbonyl (C=O) groups is 1. The molecule has 0 unspecified atom stereocenters. The lowest BCUT2D eigenvalue weighted by Gasteiger charge is -2.18. The van der Waals surface area contributed by atoms with Gasteiger partial charge in [0.15, 0.2) is 0 Å². The maximum absolute atomic E-state index is 10.7. The van der Waals surface area contributed by atoms with E-state index in [1.54, 1.807) is 24.3 Å². The Hall–Kier alpha value is -1.39. The van der Waals surface area contributed by atoms with Crippen LogP contribution in [0.25, 0.3) is 0 Å². The minimum atomic E-state index is -1.07. The van der Waals surface area contributed by atoms with Crippen LogP contribution in [0.15, 0.2) is 30.3 Å². The molecule has 3 N–H and O–H groups in total. The molecule has 0 bridgehead atoms. The predicted molar refractivity (Wildman–Crippen MR) is 51.9 cm³/mol. The number of aliphatic hydroxyl groups is 1. The van der Waals surface area contributed by atoms with Crippen molar-refractivity contribution in [3.63, 3.8) is 0 Å². The third-order valence-corrected chi connectivity index (χ3v) is 2.03. The van der Waals surface area contributed by atoms with E-state index in [0.717, 1.165) is 0 Å². The van der Waals surface area contributed by atoms with Crippen molar-refractivity contribution in [2.45, 2.75) is 12.1 Å². The molecule has 1 rings (SSSR count). The van der Waals surface area contributed by atoms with Crippen LogP contribution in [0.3, 0.4) is 0 Å². The number of nitrogens with one attached hydrogen (secondary N) is 1. The van der Waals surface area contributed by atoms with Crippen molar-refractivity contribution in [1.82, 2.24) is 5.32 Å². The van der Waals surface area contributed by atoms with E-state index >= 15 is 0 Å². The molecule has 0 aliphatic heterocycles. The molecule has 4 nitrogen and oxygen atoms in total.